The number of hydrogen-bond donors (Lipinski definition) is 1. The molecule has 0 saturated heterocycles. The van der Waals surface area contributed by atoms with Crippen molar-refractivity contribution in [3.05, 3.63) is 29.8 Å². The lowest BCUT2D eigenvalue weighted by Crippen LogP contribution is -2.21. The molecule has 0 aromatic heterocycles. The molecule has 0 fully saturated rings. The van der Waals surface area contributed by atoms with Gasteiger partial charge in [-0.15, -0.1) is 0 Å². The second kappa shape index (κ2) is 5.62. The monoisotopic (exact) mass is 195 g/mol. The van der Waals surface area contributed by atoms with Crippen LogP contribution < -0.4 is 10.5 Å². The number of nitrogens with two attached hydrogens (primary N) is 1. The SMILES string of the molecule is COc1cccc(COC[C@@H](C)N)c1. The van der Waals surface area contributed by atoms with Crippen LogP contribution in [0.4, 0.5) is 0 Å². The van der Waals surface area contributed by atoms with Gasteiger partial charge in [0.15, 0.2) is 0 Å². The molecular weight excluding hydrogens is 178 g/mol. The Balaban J connectivity index is 2.42. The highest BCUT2D eigenvalue weighted by atomic mass is 16.5. The third-order valence-corrected chi connectivity index (χ3v) is 1.78. The van der Waals surface area contributed by atoms with Gasteiger partial charge in [0.2, 0.25) is 0 Å². The average Bonchev–Trinajstić information content (AvgIpc) is 2.18. The van der Waals surface area contributed by atoms with Crippen molar-refractivity contribution >= 4 is 0 Å². The molecule has 0 aliphatic carbocycles. The fraction of sp³-hybridized carbons (Fsp3) is 0.455. The Morgan fingerprint density at radius 1 is 1.43 bits per heavy atom. The van der Waals surface area contributed by atoms with Crippen LogP contribution in [0.25, 0.3) is 0 Å². The van der Waals surface area contributed by atoms with Gasteiger partial charge in [-0.1, -0.05) is 12.1 Å². The summed E-state index contributed by atoms with van der Waals surface area (Å²) in [6, 6.07) is 7.91. The molecule has 14 heavy (non-hydrogen) atoms. The minimum absolute atomic E-state index is 0.0839. The number of ether oxygens (including phenoxy) is 2. The first-order valence-electron chi connectivity index (χ1n) is 4.68. The fourth-order valence-electron chi connectivity index (χ4n) is 1.12. The number of rotatable bonds is 5. The zero-order valence-corrected chi connectivity index (χ0v) is 8.69. The van der Waals surface area contributed by atoms with Crippen LogP contribution >= 0.6 is 0 Å². The lowest BCUT2D eigenvalue weighted by atomic mass is 10.2. The van der Waals surface area contributed by atoms with E-state index in [0.717, 1.165) is 11.3 Å². The van der Waals surface area contributed by atoms with Crippen LogP contribution in [-0.4, -0.2) is 19.8 Å². The van der Waals surface area contributed by atoms with E-state index in [-0.39, 0.29) is 6.04 Å². The topological polar surface area (TPSA) is 44.5 Å². The number of benzene rings is 1. The van der Waals surface area contributed by atoms with Gasteiger partial charge in [-0.3, -0.25) is 0 Å². The summed E-state index contributed by atoms with van der Waals surface area (Å²) in [7, 11) is 1.65. The van der Waals surface area contributed by atoms with Crippen molar-refractivity contribution in [2.75, 3.05) is 13.7 Å². The van der Waals surface area contributed by atoms with Gasteiger partial charge in [-0.05, 0) is 24.6 Å². The lowest BCUT2D eigenvalue weighted by Gasteiger charge is -2.07. The van der Waals surface area contributed by atoms with Crippen LogP contribution in [0, 0.1) is 0 Å². The zero-order valence-electron chi connectivity index (χ0n) is 8.69. The minimum Gasteiger partial charge on any atom is -0.497 e. The first-order chi connectivity index (χ1) is 6.72. The first kappa shape index (κ1) is 11.0. The Hall–Kier alpha value is -1.06. The summed E-state index contributed by atoms with van der Waals surface area (Å²) in [5, 5.41) is 0. The van der Waals surface area contributed by atoms with E-state index in [9.17, 15) is 0 Å². The predicted octanol–water partition coefficient (Wildman–Crippen LogP) is 1.56. The van der Waals surface area contributed by atoms with Crippen molar-refractivity contribution < 1.29 is 9.47 Å². The maximum Gasteiger partial charge on any atom is 0.119 e. The Bertz CT molecular complexity index is 274. The molecule has 3 nitrogen and oxygen atoms in total. The van der Waals surface area contributed by atoms with Crippen molar-refractivity contribution in [3.63, 3.8) is 0 Å². The van der Waals surface area contributed by atoms with Gasteiger partial charge in [0, 0.05) is 6.04 Å². The van der Waals surface area contributed by atoms with Gasteiger partial charge in [0.25, 0.3) is 0 Å². The number of hydrogen-bond acceptors (Lipinski definition) is 3. The average molecular weight is 195 g/mol. The van der Waals surface area contributed by atoms with Crippen LogP contribution in [0.2, 0.25) is 0 Å². The Labute approximate surface area is 84.8 Å². The zero-order chi connectivity index (χ0) is 10.4. The molecule has 2 N–H and O–H groups in total. The highest BCUT2D eigenvalue weighted by Gasteiger charge is 1.97. The third kappa shape index (κ3) is 3.77. The minimum atomic E-state index is 0.0839. The third-order valence-electron chi connectivity index (χ3n) is 1.78. The summed E-state index contributed by atoms with van der Waals surface area (Å²) < 4.78 is 10.5. The molecule has 0 heterocycles. The van der Waals surface area contributed by atoms with Gasteiger partial charge >= 0.3 is 0 Å². The predicted molar refractivity (Wildman–Crippen MR) is 56.3 cm³/mol. The Morgan fingerprint density at radius 2 is 2.21 bits per heavy atom. The van der Waals surface area contributed by atoms with Crippen LogP contribution in [0.3, 0.4) is 0 Å². The van der Waals surface area contributed by atoms with Crippen molar-refractivity contribution in [1.82, 2.24) is 0 Å². The van der Waals surface area contributed by atoms with Crippen LogP contribution in [0.15, 0.2) is 24.3 Å². The first-order valence-corrected chi connectivity index (χ1v) is 4.68. The van der Waals surface area contributed by atoms with E-state index in [1.165, 1.54) is 0 Å². The van der Waals surface area contributed by atoms with Crippen molar-refractivity contribution in [2.24, 2.45) is 5.73 Å². The summed E-state index contributed by atoms with van der Waals surface area (Å²) in [5.74, 6) is 0.854. The standard InChI is InChI=1S/C11H17NO2/c1-9(12)7-14-8-10-4-3-5-11(6-10)13-2/h3-6,9H,7-8,12H2,1-2H3/t9-/m1/s1. The molecule has 0 bridgehead atoms. The van der Waals surface area contributed by atoms with Gasteiger partial charge in [0.05, 0.1) is 20.3 Å². The molecule has 0 spiro atoms. The smallest absolute Gasteiger partial charge is 0.119 e. The fourth-order valence-corrected chi connectivity index (χ4v) is 1.12. The summed E-state index contributed by atoms with van der Waals surface area (Å²) in [6.07, 6.45) is 0. The second-order valence-corrected chi connectivity index (χ2v) is 3.34. The summed E-state index contributed by atoms with van der Waals surface area (Å²) in [4.78, 5) is 0. The van der Waals surface area contributed by atoms with E-state index in [1.807, 2.05) is 31.2 Å². The second-order valence-electron chi connectivity index (χ2n) is 3.34. The van der Waals surface area contributed by atoms with Crippen LogP contribution in [0.1, 0.15) is 12.5 Å². The molecular formula is C11H17NO2. The van der Waals surface area contributed by atoms with Crippen molar-refractivity contribution in [2.45, 2.75) is 19.6 Å². The van der Waals surface area contributed by atoms with E-state index in [4.69, 9.17) is 15.2 Å². The molecule has 1 rings (SSSR count). The molecule has 1 aromatic rings. The largest absolute Gasteiger partial charge is 0.497 e. The van der Waals surface area contributed by atoms with Crippen molar-refractivity contribution in [3.8, 4) is 5.75 Å². The normalized spacial score (nSPS) is 12.5. The summed E-state index contributed by atoms with van der Waals surface area (Å²) in [5.41, 5.74) is 6.66. The summed E-state index contributed by atoms with van der Waals surface area (Å²) >= 11 is 0. The van der Waals surface area contributed by atoms with Gasteiger partial charge in [0.1, 0.15) is 5.75 Å². The molecule has 0 saturated carbocycles. The maximum absolute atomic E-state index is 5.56. The molecule has 0 aliphatic heterocycles. The van der Waals surface area contributed by atoms with Gasteiger partial charge < -0.3 is 15.2 Å². The van der Waals surface area contributed by atoms with Crippen LogP contribution in [-0.2, 0) is 11.3 Å². The molecule has 0 radical (unpaired) electrons. The number of methoxy groups -OCH3 is 1. The molecule has 3 heteroatoms. The Morgan fingerprint density at radius 3 is 2.86 bits per heavy atom. The summed E-state index contributed by atoms with van der Waals surface area (Å²) in [6.45, 7) is 3.08. The quantitative estimate of drug-likeness (QED) is 0.775. The maximum atomic E-state index is 5.56. The van der Waals surface area contributed by atoms with E-state index < -0.39 is 0 Å². The van der Waals surface area contributed by atoms with E-state index >= 15 is 0 Å². The molecule has 0 unspecified atom stereocenters. The van der Waals surface area contributed by atoms with E-state index in [0.29, 0.717) is 13.2 Å². The molecule has 1 atom stereocenters. The van der Waals surface area contributed by atoms with Gasteiger partial charge in [-0.25, -0.2) is 0 Å². The highest BCUT2D eigenvalue weighted by molar-refractivity contribution is 5.27. The van der Waals surface area contributed by atoms with E-state index in [1.54, 1.807) is 7.11 Å². The molecule has 0 aliphatic rings. The van der Waals surface area contributed by atoms with E-state index in [2.05, 4.69) is 0 Å². The van der Waals surface area contributed by atoms with Crippen molar-refractivity contribution in [1.29, 1.82) is 0 Å². The molecule has 1 aromatic carbocycles. The van der Waals surface area contributed by atoms with Gasteiger partial charge in [-0.2, -0.15) is 0 Å². The lowest BCUT2D eigenvalue weighted by molar-refractivity contribution is 0.111. The highest BCUT2D eigenvalue weighted by Crippen LogP contribution is 2.13. The molecule has 0 amide bonds. The van der Waals surface area contributed by atoms with Crippen LogP contribution in [0.5, 0.6) is 5.75 Å². The molecule has 78 valence electrons. The Kier molecular flexibility index (Phi) is 4.43.